The number of nitrogens with zero attached hydrogens (tertiary/aromatic N) is 3. The molecule has 2 unspecified atom stereocenters. The molecule has 0 aliphatic carbocycles. The fourth-order valence-electron chi connectivity index (χ4n) is 5.05. The third kappa shape index (κ3) is 3.29. The fourth-order valence-corrected chi connectivity index (χ4v) is 5.05. The first kappa shape index (κ1) is 19.8. The highest BCUT2D eigenvalue weighted by Crippen LogP contribution is 2.52. The number of likely N-dealkylation sites (tertiary alicyclic amines) is 1. The molecule has 4 atom stereocenters. The quantitative estimate of drug-likeness (QED) is 0.670. The molecule has 5 rings (SSSR count). The predicted octanol–water partition coefficient (Wildman–Crippen LogP) is 2.03. The van der Waals surface area contributed by atoms with Gasteiger partial charge in [0, 0.05) is 19.8 Å². The molecule has 2 aromatic rings. The van der Waals surface area contributed by atoms with E-state index in [1.807, 2.05) is 54.6 Å². The van der Waals surface area contributed by atoms with E-state index in [-0.39, 0.29) is 17.9 Å². The number of amides is 2. The van der Waals surface area contributed by atoms with Crippen LogP contribution in [0.25, 0.3) is 0 Å². The standard InChI is InChI=1S/C24H25N3O4/c1-26(14-17-7-3-4-11-25-17)22(28)20-19-9-10-24(31-19)15-27(23(29)21(20)24)13-16-6-5-8-18(12-16)30-2/h3-12,19-21H,13-15H2,1-2H3/t19-,20?,21?,24-/m1/s1. The van der Waals surface area contributed by atoms with Gasteiger partial charge in [-0.25, -0.2) is 0 Å². The Balaban J connectivity index is 1.35. The topological polar surface area (TPSA) is 72.0 Å². The van der Waals surface area contributed by atoms with Gasteiger partial charge in [-0.2, -0.15) is 0 Å². The maximum absolute atomic E-state index is 13.4. The summed E-state index contributed by atoms with van der Waals surface area (Å²) in [6.45, 7) is 1.31. The molecule has 31 heavy (non-hydrogen) atoms. The molecule has 7 nitrogen and oxygen atoms in total. The van der Waals surface area contributed by atoms with Gasteiger partial charge in [0.2, 0.25) is 11.8 Å². The Bertz CT molecular complexity index is 1040. The molecular formula is C24H25N3O4. The lowest BCUT2D eigenvalue weighted by Gasteiger charge is -2.27. The number of pyridine rings is 1. The first-order valence-electron chi connectivity index (χ1n) is 10.4. The van der Waals surface area contributed by atoms with Crippen LogP contribution in [0, 0.1) is 11.8 Å². The van der Waals surface area contributed by atoms with E-state index in [2.05, 4.69) is 4.98 Å². The number of methoxy groups -OCH3 is 1. The van der Waals surface area contributed by atoms with Crippen molar-refractivity contribution in [1.29, 1.82) is 0 Å². The smallest absolute Gasteiger partial charge is 0.230 e. The van der Waals surface area contributed by atoms with Crippen LogP contribution in [0.5, 0.6) is 5.75 Å². The Kier molecular flexibility index (Phi) is 4.78. The van der Waals surface area contributed by atoms with Gasteiger partial charge in [-0.05, 0) is 29.8 Å². The van der Waals surface area contributed by atoms with Crippen LogP contribution in [-0.2, 0) is 27.4 Å². The van der Waals surface area contributed by atoms with Crippen molar-refractivity contribution in [3.63, 3.8) is 0 Å². The van der Waals surface area contributed by atoms with Crippen LogP contribution in [0.15, 0.2) is 60.8 Å². The van der Waals surface area contributed by atoms with E-state index >= 15 is 0 Å². The van der Waals surface area contributed by atoms with Crippen LogP contribution in [0.3, 0.4) is 0 Å². The van der Waals surface area contributed by atoms with E-state index in [9.17, 15) is 9.59 Å². The predicted molar refractivity (Wildman–Crippen MR) is 113 cm³/mol. The maximum Gasteiger partial charge on any atom is 0.230 e. The van der Waals surface area contributed by atoms with Crippen LogP contribution in [0.2, 0.25) is 0 Å². The summed E-state index contributed by atoms with van der Waals surface area (Å²) in [5.74, 6) is -0.361. The molecule has 2 fully saturated rings. The monoisotopic (exact) mass is 419 g/mol. The summed E-state index contributed by atoms with van der Waals surface area (Å²) in [7, 11) is 3.38. The zero-order valence-electron chi connectivity index (χ0n) is 17.6. The van der Waals surface area contributed by atoms with E-state index in [0.29, 0.717) is 19.6 Å². The lowest BCUT2D eigenvalue weighted by Crippen LogP contribution is -2.44. The highest BCUT2D eigenvalue weighted by atomic mass is 16.5. The number of aromatic nitrogens is 1. The van der Waals surface area contributed by atoms with Crippen molar-refractivity contribution in [2.24, 2.45) is 11.8 Å². The summed E-state index contributed by atoms with van der Waals surface area (Å²) < 4.78 is 11.5. The number of hydrogen-bond acceptors (Lipinski definition) is 5. The third-order valence-corrected chi connectivity index (χ3v) is 6.47. The Labute approximate surface area is 181 Å². The van der Waals surface area contributed by atoms with E-state index in [1.165, 1.54) is 0 Å². The molecule has 2 bridgehead atoms. The Hall–Kier alpha value is -3.19. The zero-order valence-corrected chi connectivity index (χ0v) is 17.6. The van der Waals surface area contributed by atoms with E-state index in [0.717, 1.165) is 17.0 Å². The van der Waals surface area contributed by atoms with Gasteiger partial charge in [-0.3, -0.25) is 14.6 Å². The van der Waals surface area contributed by atoms with E-state index in [1.54, 1.807) is 30.2 Å². The van der Waals surface area contributed by atoms with Crippen LogP contribution < -0.4 is 4.74 Å². The minimum atomic E-state index is -0.715. The molecule has 2 amide bonds. The largest absolute Gasteiger partial charge is 0.497 e. The van der Waals surface area contributed by atoms with Crippen molar-refractivity contribution in [1.82, 2.24) is 14.8 Å². The molecule has 7 heteroatoms. The molecule has 2 saturated heterocycles. The molecule has 0 saturated carbocycles. The minimum Gasteiger partial charge on any atom is -0.497 e. The maximum atomic E-state index is 13.4. The first-order chi connectivity index (χ1) is 15.0. The second kappa shape index (κ2) is 7.50. The molecule has 160 valence electrons. The number of hydrogen-bond donors (Lipinski definition) is 0. The molecule has 1 spiro atoms. The number of carbonyl (C=O) groups excluding carboxylic acids is 2. The molecule has 1 aromatic heterocycles. The van der Waals surface area contributed by atoms with Crippen LogP contribution in [0.1, 0.15) is 11.3 Å². The minimum absolute atomic E-state index is 0.0285. The number of ether oxygens (including phenoxy) is 2. The van der Waals surface area contributed by atoms with Crippen molar-refractivity contribution < 1.29 is 19.1 Å². The van der Waals surface area contributed by atoms with Gasteiger partial charge in [0.25, 0.3) is 0 Å². The molecule has 1 aromatic carbocycles. The van der Waals surface area contributed by atoms with Crippen LogP contribution in [0.4, 0.5) is 0 Å². The highest BCUT2D eigenvalue weighted by molar-refractivity contribution is 5.93. The molecule has 3 aliphatic heterocycles. The summed E-state index contributed by atoms with van der Waals surface area (Å²) in [6, 6.07) is 13.3. The van der Waals surface area contributed by atoms with Crippen molar-refractivity contribution in [3.05, 3.63) is 72.1 Å². The lowest BCUT2D eigenvalue weighted by molar-refractivity contribution is -0.142. The summed E-state index contributed by atoms with van der Waals surface area (Å²) in [4.78, 5) is 34.5. The Morgan fingerprint density at radius 2 is 2.19 bits per heavy atom. The van der Waals surface area contributed by atoms with Crippen LogP contribution >= 0.6 is 0 Å². The van der Waals surface area contributed by atoms with Gasteiger partial charge < -0.3 is 19.3 Å². The Morgan fingerprint density at radius 1 is 1.32 bits per heavy atom. The van der Waals surface area contributed by atoms with Gasteiger partial charge in [0.15, 0.2) is 0 Å². The second-order valence-corrected chi connectivity index (χ2v) is 8.46. The molecule has 0 N–H and O–H groups in total. The highest BCUT2D eigenvalue weighted by Gasteiger charge is 2.67. The summed E-state index contributed by atoms with van der Waals surface area (Å²) in [5, 5.41) is 0. The van der Waals surface area contributed by atoms with E-state index in [4.69, 9.17) is 9.47 Å². The number of rotatable bonds is 6. The summed E-state index contributed by atoms with van der Waals surface area (Å²) >= 11 is 0. The number of benzene rings is 1. The van der Waals surface area contributed by atoms with E-state index < -0.39 is 17.4 Å². The fraction of sp³-hybridized carbons (Fsp3) is 0.375. The van der Waals surface area contributed by atoms with Gasteiger partial charge in [0.1, 0.15) is 11.4 Å². The molecule has 4 heterocycles. The first-order valence-corrected chi connectivity index (χ1v) is 10.4. The zero-order chi connectivity index (χ0) is 21.6. The normalized spacial score (nSPS) is 28.1. The SMILES string of the molecule is COc1cccc(CN2C[C@@]34C=C[C@@H](O3)C(C(=O)N(C)Cc3ccccn3)C4C2=O)c1. The number of carbonyl (C=O) groups is 2. The molecule has 0 radical (unpaired) electrons. The molecular weight excluding hydrogens is 394 g/mol. The van der Waals surface area contributed by atoms with Crippen LogP contribution in [-0.4, -0.2) is 59.0 Å². The van der Waals surface area contributed by atoms with Gasteiger partial charge >= 0.3 is 0 Å². The van der Waals surface area contributed by atoms with Crippen molar-refractivity contribution in [2.45, 2.75) is 24.8 Å². The van der Waals surface area contributed by atoms with Crippen molar-refractivity contribution in [2.75, 3.05) is 20.7 Å². The van der Waals surface area contributed by atoms with Gasteiger partial charge in [-0.15, -0.1) is 0 Å². The van der Waals surface area contributed by atoms with Gasteiger partial charge in [-0.1, -0.05) is 30.4 Å². The third-order valence-electron chi connectivity index (χ3n) is 6.47. The number of fused-ring (bicyclic) bond motifs is 1. The summed E-state index contributed by atoms with van der Waals surface area (Å²) in [5.41, 5.74) is 1.08. The average Bonchev–Trinajstić information content (AvgIpc) is 3.42. The second-order valence-electron chi connectivity index (χ2n) is 8.46. The summed E-state index contributed by atoms with van der Waals surface area (Å²) in [6.07, 6.45) is 5.28. The lowest BCUT2D eigenvalue weighted by atomic mass is 9.76. The molecule has 3 aliphatic rings. The van der Waals surface area contributed by atoms with Crippen molar-refractivity contribution in [3.8, 4) is 5.75 Å². The van der Waals surface area contributed by atoms with Crippen molar-refractivity contribution >= 4 is 11.8 Å². The Morgan fingerprint density at radius 3 is 2.97 bits per heavy atom. The van der Waals surface area contributed by atoms with Gasteiger partial charge in [0.05, 0.1) is 43.8 Å². The average molecular weight is 419 g/mol.